The monoisotopic (exact) mass is 478 g/mol. The quantitative estimate of drug-likeness (QED) is 0.564. The Bertz CT molecular complexity index is 1010. The van der Waals surface area contributed by atoms with Crippen molar-refractivity contribution in [3.8, 4) is 11.1 Å². The molecule has 0 heterocycles. The van der Waals surface area contributed by atoms with E-state index in [-0.39, 0.29) is 19.1 Å². The summed E-state index contributed by atoms with van der Waals surface area (Å²) in [6.45, 7) is 0.706. The van der Waals surface area contributed by atoms with Crippen LogP contribution in [0.15, 0.2) is 48.5 Å². The van der Waals surface area contributed by atoms with E-state index in [0.29, 0.717) is 0 Å². The van der Waals surface area contributed by atoms with E-state index in [9.17, 15) is 27.6 Å². The number of alkyl carbamates (subject to hydrolysis) is 1. The van der Waals surface area contributed by atoms with Crippen molar-refractivity contribution in [2.45, 2.75) is 37.9 Å². The molecule has 0 aliphatic heterocycles. The van der Waals surface area contributed by atoms with Crippen molar-refractivity contribution in [3.05, 3.63) is 59.7 Å². The van der Waals surface area contributed by atoms with Gasteiger partial charge in [-0.05, 0) is 29.2 Å². The zero-order valence-electron chi connectivity index (χ0n) is 18.5. The Kier molecular flexibility index (Phi) is 7.80. The highest BCUT2D eigenvalue weighted by atomic mass is 19.4. The summed E-state index contributed by atoms with van der Waals surface area (Å²) < 4.78 is 43.1. The fourth-order valence-electron chi connectivity index (χ4n) is 4.06. The molecule has 0 saturated heterocycles. The number of aliphatic carboxylic acids is 1. The van der Waals surface area contributed by atoms with Gasteiger partial charge in [0, 0.05) is 19.0 Å². The van der Waals surface area contributed by atoms with Gasteiger partial charge in [-0.3, -0.25) is 9.59 Å². The van der Waals surface area contributed by atoms with Crippen molar-refractivity contribution in [3.63, 3.8) is 0 Å². The Balaban J connectivity index is 1.67. The summed E-state index contributed by atoms with van der Waals surface area (Å²) in [6.07, 6.45) is -7.52. The predicted molar refractivity (Wildman–Crippen MR) is 117 cm³/mol. The molecule has 1 aliphatic rings. The topological polar surface area (TPSA) is 95.9 Å². The van der Waals surface area contributed by atoms with E-state index in [1.807, 2.05) is 48.5 Å². The first-order valence-corrected chi connectivity index (χ1v) is 10.8. The molecule has 1 aliphatic carbocycles. The SMILES string of the molecule is CCN(CCC(F)(F)F)C(=O)C(CC(=O)O)NC(=O)OCC1c2ccccc2-c2ccccc21. The van der Waals surface area contributed by atoms with Gasteiger partial charge in [0.05, 0.1) is 12.8 Å². The highest BCUT2D eigenvalue weighted by Crippen LogP contribution is 2.44. The van der Waals surface area contributed by atoms with Crippen molar-refractivity contribution in [1.82, 2.24) is 10.2 Å². The third-order valence-electron chi connectivity index (χ3n) is 5.67. The maximum absolute atomic E-state index is 12.7. The number of nitrogens with zero attached hydrogens (tertiary/aromatic N) is 1. The normalized spacial score (nSPS) is 13.5. The largest absolute Gasteiger partial charge is 0.481 e. The molecular weight excluding hydrogens is 453 g/mol. The van der Waals surface area contributed by atoms with E-state index in [2.05, 4.69) is 5.32 Å². The van der Waals surface area contributed by atoms with Crippen LogP contribution >= 0.6 is 0 Å². The summed E-state index contributed by atoms with van der Waals surface area (Å²) in [6, 6.07) is 13.8. The molecule has 0 radical (unpaired) electrons. The summed E-state index contributed by atoms with van der Waals surface area (Å²) in [5.41, 5.74) is 3.99. The number of fused-ring (bicyclic) bond motifs is 3. The minimum atomic E-state index is -4.48. The van der Waals surface area contributed by atoms with Gasteiger partial charge in [0.15, 0.2) is 0 Å². The Morgan fingerprint density at radius 1 is 1.06 bits per heavy atom. The van der Waals surface area contributed by atoms with Crippen LogP contribution in [0.1, 0.15) is 36.8 Å². The van der Waals surface area contributed by atoms with E-state index >= 15 is 0 Å². The van der Waals surface area contributed by atoms with Crippen molar-refractivity contribution >= 4 is 18.0 Å². The van der Waals surface area contributed by atoms with Gasteiger partial charge in [-0.25, -0.2) is 4.79 Å². The van der Waals surface area contributed by atoms with Crippen LogP contribution < -0.4 is 5.32 Å². The number of halogens is 3. The van der Waals surface area contributed by atoms with E-state index in [4.69, 9.17) is 9.84 Å². The lowest BCUT2D eigenvalue weighted by Crippen LogP contribution is -2.50. The second-order valence-electron chi connectivity index (χ2n) is 7.90. The maximum Gasteiger partial charge on any atom is 0.407 e. The molecule has 0 aromatic heterocycles. The standard InChI is InChI=1S/C24H25F3N2O5/c1-2-29(12-11-24(25,26)27)22(32)20(13-21(30)31)28-23(33)34-14-19-17-9-5-3-7-15(17)16-8-4-6-10-18(16)19/h3-10,19-20H,2,11-14H2,1H3,(H,28,33)(H,30,31). The number of hydrogen-bond acceptors (Lipinski definition) is 4. The van der Waals surface area contributed by atoms with Crippen molar-refractivity contribution in [2.24, 2.45) is 0 Å². The van der Waals surface area contributed by atoms with E-state index in [1.165, 1.54) is 6.92 Å². The van der Waals surface area contributed by atoms with E-state index in [1.54, 1.807) is 0 Å². The third kappa shape index (κ3) is 6.06. The number of ether oxygens (including phenoxy) is 1. The number of carboxylic acids is 1. The Hall–Kier alpha value is -3.56. The van der Waals surface area contributed by atoms with Gasteiger partial charge >= 0.3 is 18.2 Å². The average Bonchev–Trinajstić information content (AvgIpc) is 3.10. The molecule has 0 saturated carbocycles. The smallest absolute Gasteiger partial charge is 0.407 e. The second-order valence-corrected chi connectivity index (χ2v) is 7.90. The number of carboxylic acid groups (broad SMARTS) is 1. The molecule has 7 nitrogen and oxygen atoms in total. The van der Waals surface area contributed by atoms with Crippen LogP contribution in [-0.4, -0.2) is 59.9 Å². The Labute approximate surface area is 194 Å². The molecule has 10 heteroatoms. The summed E-state index contributed by atoms with van der Waals surface area (Å²) in [5.74, 6) is -2.54. The van der Waals surface area contributed by atoms with Crippen LogP contribution in [0, 0.1) is 0 Å². The maximum atomic E-state index is 12.7. The van der Waals surface area contributed by atoms with Crippen LogP contribution in [0.3, 0.4) is 0 Å². The number of alkyl halides is 3. The van der Waals surface area contributed by atoms with Crippen molar-refractivity contribution < 1.29 is 37.4 Å². The molecule has 1 atom stereocenters. The van der Waals surface area contributed by atoms with Crippen molar-refractivity contribution in [2.75, 3.05) is 19.7 Å². The highest BCUT2D eigenvalue weighted by molar-refractivity contribution is 5.89. The van der Waals surface area contributed by atoms with Gasteiger partial charge in [-0.1, -0.05) is 48.5 Å². The first-order valence-electron chi connectivity index (χ1n) is 10.8. The van der Waals surface area contributed by atoms with Gasteiger partial charge in [-0.15, -0.1) is 0 Å². The lowest BCUT2D eigenvalue weighted by atomic mass is 9.98. The number of hydrogen-bond donors (Lipinski definition) is 2. The van der Waals surface area contributed by atoms with Crippen LogP contribution in [-0.2, 0) is 14.3 Å². The molecule has 0 fully saturated rings. The first kappa shape index (κ1) is 25.1. The summed E-state index contributed by atoms with van der Waals surface area (Å²) in [4.78, 5) is 37.2. The average molecular weight is 478 g/mol. The summed E-state index contributed by atoms with van der Waals surface area (Å²) in [5, 5.41) is 11.4. The van der Waals surface area contributed by atoms with Crippen LogP contribution in [0.5, 0.6) is 0 Å². The number of rotatable bonds is 9. The summed E-state index contributed by atoms with van der Waals surface area (Å²) >= 11 is 0. The van der Waals surface area contributed by atoms with Gasteiger partial charge < -0.3 is 20.1 Å². The molecule has 0 bridgehead atoms. The van der Waals surface area contributed by atoms with Gasteiger partial charge in [0.25, 0.3) is 0 Å². The second kappa shape index (κ2) is 10.6. The van der Waals surface area contributed by atoms with Crippen LogP contribution in [0.25, 0.3) is 11.1 Å². The summed E-state index contributed by atoms with van der Waals surface area (Å²) in [7, 11) is 0. The van der Waals surface area contributed by atoms with Crippen LogP contribution in [0.2, 0.25) is 0 Å². The Morgan fingerprint density at radius 2 is 1.62 bits per heavy atom. The molecule has 2 N–H and O–H groups in total. The number of carbonyl (C=O) groups is 3. The molecule has 2 aromatic carbocycles. The number of likely N-dealkylation sites (N-methyl/N-ethyl adjacent to an activating group) is 1. The molecule has 182 valence electrons. The van der Waals surface area contributed by atoms with Crippen molar-refractivity contribution in [1.29, 1.82) is 0 Å². The van der Waals surface area contributed by atoms with E-state index in [0.717, 1.165) is 27.2 Å². The fraction of sp³-hybridized carbons (Fsp3) is 0.375. The molecule has 2 amide bonds. The lowest BCUT2D eigenvalue weighted by molar-refractivity contribution is -0.149. The molecular formula is C24H25F3N2O5. The number of nitrogens with one attached hydrogen (secondary N) is 1. The zero-order chi connectivity index (χ0) is 24.9. The Morgan fingerprint density at radius 3 is 2.12 bits per heavy atom. The molecule has 3 rings (SSSR count). The molecule has 0 spiro atoms. The number of benzene rings is 2. The fourth-order valence-corrected chi connectivity index (χ4v) is 4.06. The van der Waals surface area contributed by atoms with Gasteiger partial charge in [0.1, 0.15) is 12.6 Å². The molecule has 2 aromatic rings. The van der Waals surface area contributed by atoms with Gasteiger partial charge in [-0.2, -0.15) is 13.2 Å². The predicted octanol–water partition coefficient (Wildman–Crippen LogP) is 4.17. The number of carbonyl (C=O) groups excluding carboxylic acids is 2. The van der Waals surface area contributed by atoms with Crippen LogP contribution in [0.4, 0.5) is 18.0 Å². The van der Waals surface area contributed by atoms with E-state index < -0.39 is 49.6 Å². The van der Waals surface area contributed by atoms with Gasteiger partial charge in [0.2, 0.25) is 5.91 Å². The molecule has 34 heavy (non-hydrogen) atoms. The minimum absolute atomic E-state index is 0.0561. The molecule has 1 unspecified atom stereocenters. The zero-order valence-corrected chi connectivity index (χ0v) is 18.5. The highest BCUT2D eigenvalue weighted by Gasteiger charge is 2.33. The minimum Gasteiger partial charge on any atom is -0.481 e. The lowest BCUT2D eigenvalue weighted by Gasteiger charge is -2.26. The first-order chi connectivity index (χ1) is 16.1. The third-order valence-corrected chi connectivity index (χ3v) is 5.67. The number of amides is 2.